The maximum atomic E-state index is 12.9. The number of hydrogen-bond acceptors (Lipinski definition) is 8. The summed E-state index contributed by atoms with van der Waals surface area (Å²) in [6.07, 6.45) is -0.673. The monoisotopic (exact) mass is 495 g/mol. The summed E-state index contributed by atoms with van der Waals surface area (Å²) in [4.78, 5) is 33.6. The summed E-state index contributed by atoms with van der Waals surface area (Å²) >= 11 is 1.28. The predicted octanol–water partition coefficient (Wildman–Crippen LogP) is 2.08. The second kappa shape index (κ2) is 10.3. The van der Waals surface area contributed by atoms with E-state index in [0.717, 1.165) is 11.3 Å². The van der Waals surface area contributed by atoms with Gasteiger partial charge in [0.2, 0.25) is 17.2 Å². The van der Waals surface area contributed by atoms with Crippen LogP contribution in [0.25, 0.3) is 11.4 Å². The highest BCUT2D eigenvalue weighted by Gasteiger charge is 2.33. The maximum absolute atomic E-state index is 12.9. The Balaban J connectivity index is 1.09. The van der Waals surface area contributed by atoms with E-state index in [1.54, 1.807) is 23.0 Å². The molecule has 0 radical (unpaired) electrons. The number of ether oxygens (including phenoxy) is 3. The molecule has 0 bridgehead atoms. The van der Waals surface area contributed by atoms with Crippen molar-refractivity contribution in [1.29, 1.82) is 0 Å². The van der Waals surface area contributed by atoms with Gasteiger partial charge in [-0.1, -0.05) is 23.9 Å². The van der Waals surface area contributed by atoms with Crippen molar-refractivity contribution in [1.82, 2.24) is 25.0 Å². The molecule has 3 aromatic rings. The number of aromatic amines is 1. The van der Waals surface area contributed by atoms with Crippen LogP contribution in [-0.4, -0.2) is 88.5 Å². The van der Waals surface area contributed by atoms with Crippen molar-refractivity contribution < 1.29 is 23.8 Å². The standard InChI is InChI=1S/C24H25N5O5S/c1-32-17-8-6-16(7-9-17)22-25-24(27-26-22)35-15-21(30)28-10-12-29(13-11-28)23(31)20-14-33-18-4-2-3-5-19(18)34-20/h2-9,20H,10-15H2,1H3,(H,25,26,27). The Bertz CT molecular complexity index is 1190. The molecule has 11 heteroatoms. The number of nitrogens with one attached hydrogen (secondary N) is 1. The molecular weight excluding hydrogens is 470 g/mol. The van der Waals surface area contributed by atoms with Crippen LogP contribution in [0.2, 0.25) is 0 Å². The Hall–Kier alpha value is -3.73. The lowest BCUT2D eigenvalue weighted by Gasteiger charge is -2.37. The topological polar surface area (TPSA) is 110 Å². The average molecular weight is 496 g/mol. The normalized spacial score (nSPS) is 17.2. The fraction of sp³-hybridized carbons (Fsp3) is 0.333. The van der Waals surface area contributed by atoms with Gasteiger partial charge in [-0.25, -0.2) is 4.98 Å². The van der Waals surface area contributed by atoms with E-state index >= 15 is 0 Å². The van der Waals surface area contributed by atoms with Crippen LogP contribution in [-0.2, 0) is 9.59 Å². The first-order chi connectivity index (χ1) is 17.1. The van der Waals surface area contributed by atoms with Crippen molar-refractivity contribution in [2.75, 3.05) is 45.6 Å². The van der Waals surface area contributed by atoms with Gasteiger partial charge < -0.3 is 24.0 Å². The molecule has 0 saturated carbocycles. The lowest BCUT2D eigenvalue weighted by molar-refractivity contribution is -0.145. The molecule has 1 saturated heterocycles. The summed E-state index contributed by atoms with van der Waals surface area (Å²) in [5, 5.41) is 7.61. The smallest absolute Gasteiger partial charge is 0.267 e. The number of methoxy groups -OCH3 is 1. The average Bonchev–Trinajstić information content (AvgIpc) is 3.40. The van der Waals surface area contributed by atoms with Crippen molar-refractivity contribution in [3.63, 3.8) is 0 Å². The third-order valence-electron chi connectivity index (χ3n) is 5.88. The third-order valence-corrected chi connectivity index (χ3v) is 6.71. The van der Waals surface area contributed by atoms with Crippen molar-refractivity contribution in [3.8, 4) is 28.6 Å². The maximum Gasteiger partial charge on any atom is 0.267 e. The zero-order chi connectivity index (χ0) is 24.2. The summed E-state index contributed by atoms with van der Waals surface area (Å²) in [5.74, 6) is 2.71. The van der Waals surface area contributed by atoms with E-state index in [9.17, 15) is 9.59 Å². The number of fused-ring (bicyclic) bond motifs is 1. The molecule has 1 N–H and O–H groups in total. The zero-order valence-electron chi connectivity index (χ0n) is 19.2. The first-order valence-electron chi connectivity index (χ1n) is 11.3. The zero-order valence-corrected chi connectivity index (χ0v) is 20.0. The van der Waals surface area contributed by atoms with Crippen LogP contribution in [0.1, 0.15) is 0 Å². The summed E-state index contributed by atoms with van der Waals surface area (Å²) < 4.78 is 16.7. The van der Waals surface area contributed by atoms with E-state index < -0.39 is 6.10 Å². The van der Waals surface area contributed by atoms with E-state index in [0.29, 0.717) is 48.7 Å². The lowest BCUT2D eigenvalue weighted by Crippen LogP contribution is -2.55. The van der Waals surface area contributed by atoms with Crippen molar-refractivity contribution in [2.24, 2.45) is 0 Å². The molecule has 1 unspecified atom stereocenters. The number of hydrogen-bond donors (Lipinski definition) is 1. The van der Waals surface area contributed by atoms with Gasteiger partial charge in [-0.2, -0.15) is 0 Å². The number of carbonyl (C=O) groups excluding carboxylic acids is 2. The Labute approximate surface area is 206 Å². The van der Waals surface area contributed by atoms with Gasteiger partial charge in [-0.3, -0.25) is 14.7 Å². The fourth-order valence-electron chi connectivity index (χ4n) is 3.93. The van der Waals surface area contributed by atoms with Gasteiger partial charge in [0.15, 0.2) is 17.3 Å². The highest BCUT2D eigenvalue weighted by atomic mass is 32.2. The second-order valence-corrected chi connectivity index (χ2v) is 9.00. The van der Waals surface area contributed by atoms with Gasteiger partial charge in [0.05, 0.1) is 12.9 Å². The van der Waals surface area contributed by atoms with Crippen LogP contribution in [0, 0.1) is 0 Å². The number of amides is 2. The summed E-state index contributed by atoms with van der Waals surface area (Å²) in [5.41, 5.74) is 0.882. The first kappa shape index (κ1) is 23.0. The lowest BCUT2D eigenvalue weighted by atomic mass is 10.2. The summed E-state index contributed by atoms with van der Waals surface area (Å²) in [7, 11) is 1.62. The molecule has 1 fully saturated rings. The Kier molecular flexibility index (Phi) is 6.75. The minimum absolute atomic E-state index is 0.0101. The summed E-state index contributed by atoms with van der Waals surface area (Å²) in [6.45, 7) is 2.04. The second-order valence-electron chi connectivity index (χ2n) is 8.05. The predicted molar refractivity (Wildman–Crippen MR) is 129 cm³/mol. The van der Waals surface area contributed by atoms with E-state index in [4.69, 9.17) is 14.2 Å². The van der Waals surface area contributed by atoms with Crippen LogP contribution in [0.15, 0.2) is 53.7 Å². The van der Waals surface area contributed by atoms with Crippen molar-refractivity contribution in [3.05, 3.63) is 48.5 Å². The molecule has 5 rings (SSSR count). The molecule has 2 amide bonds. The largest absolute Gasteiger partial charge is 0.497 e. The number of benzene rings is 2. The number of thioether (sulfide) groups is 1. The van der Waals surface area contributed by atoms with Gasteiger partial charge in [0.1, 0.15) is 12.4 Å². The Morgan fingerprint density at radius 3 is 2.51 bits per heavy atom. The van der Waals surface area contributed by atoms with E-state index in [-0.39, 0.29) is 24.2 Å². The van der Waals surface area contributed by atoms with Gasteiger partial charge in [0, 0.05) is 31.7 Å². The highest BCUT2D eigenvalue weighted by molar-refractivity contribution is 7.99. The van der Waals surface area contributed by atoms with Crippen LogP contribution in [0.5, 0.6) is 17.2 Å². The van der Waals surface area contributed by atoms with Gasteiger partial charge in [-0.15, -0.1) is 5.10 Å². The van der Waals surface area contributed by atoms with Gasteiger partial charge in [0.25, 0.3) is 5.91 Å². The minimum atomic E-state index is -0.673. The molecule has 2 aliphatic heterocycles. The quantitative estimate of drug-likeness (QED) is 0.518. The molecule has 3 heterocycles. The van der Waals surface area contributed by atoms with Crippen LogP contribution in [0.4, 0.5) is 0 Å². The third kappa shape index (κ3) is 5.19. The molecule has 1 atom stereocenters. The van der Waals surface area contributed by atoms with Crippen LogP contribution in [0.3, 0.4) is 0 Å². The number of carbonyl (C=O) groups is 2. The number of H-pyrrole nitrogens is 1. The van der Waals surface area contributed by atoms with E-state index in [1.807, 2.05) is 42.5 Å². The molecule has 0 spiro atoms. The van der Waals surface area contributed by atoms with Gasteiger partial charge in [-0.05, 0) is 36.4 Å². The molecule has 2 aliphatic rings. The molecule has 35 heavy (non-hydrogen) atoms. The minimum Gasteiger partial charge on any atom is -0.497 e. The summed E-state index contributed by atoms with van der Waals surface area (Å²) in [6, 6.07) is 14.8. The van der Waals surface area contributed by atoms with E-state index in [2.05, 4.69) is 15.2 Å². The van der Waals surface area contributed by atoms with E-state index in [1.165, 1.54) is 11.8 Å². The molecular formula is C24H25N5O5S. The van der Waals surface area contributed by atoms with Crippen LogP contribution >= 0.6 is 11.8 Å². The number of piperazine rings is 1. The first-order valence-corrected chi connectivity index (χ1v) is 12.2. The molecule has 1 aromatic heterocycles. The number of aromatic nitrogens is 3. The van der Waals surface area contributed by atoms with Crippen LogP contribution < -0.4 is 14.2 Å². The van der Waals surface area contributed by atoms with Crippen molar-refractivity contribution in [2.45, 2.75) is 11.3 Å². The Morgan fingerprint density at radius 1 is 1.06 bits per heavy atom. The fourth-order valence-corrected chi connectivity index (χ4v) is 4.63. The Morgan fingerprint density at radius 2 is 1.77 bits per heavy atom. The number of para-hydroxylation sites is 2. The molecule has 2 aromatic carbocycles. The SMILES string of the molecule is COc1ccc(-c2nc(SCC(=O)N3CCN(C(=O)C4COc5ccccc5O4)CC3)n[nH]2)cc1. The highest BCUT2D eigenvalue weighted by Crippen LogP contribution is 2.31. The van der Waals surface area contributed by atoms with Gasteiger partial charge >= 0.3 is 0 Å². The number of nitrogens with zero attached hydrogens (tertiary/aromatic N) is 4. The van der Waals surface area contributed by atoms with Crippen molar-refractivity contribution >= 4 is 23.6 Å². The molecule has 10 nitrogen and oxygen atoms in total. The number of rotatable bonds is 6. The molecule has 0 aliphatic carbocycles. The molecule has 182 valence electrons.